The standard InChI is InChI=1S/C21H16N2O.C10H16N2O/c1-22-20-14-8-3-2-7-13(14)19-15(20)9-6-10-16(19)21-23-17-11-4-5-12-18(17)24-21;1-8(7-13)3-5-11-10-9(2)4-6-12-10/h2-12,20,22H,1H3;3-6,8-9,13H,7H2,1-2H3,(H,11,12)/b;5-3-. The first-order valence-electron chi connectivity index (χ1n) is 12.6. The van der Waals surface area contributed by atoms with E-state index in [0.717, 1.165) is 22.5 Å². The van der Waals surface area contributed by atoms with Gasteiger partial charge in [0.2, 0.25) is 5.89 Å². The molecule has 2 heterocycles. The van der Waals surface area contributed by atoms with Gasteiger partial charge in [-0.05, 0) is 59.6 Å². The second-order valence-corrected chi connectivity index (χ2v) is 9.37. The van der Waals surface area contributed by atoms with E-state index in [9.17, 15) is 0 Å². The summed E-state index contributed by atoms with van der Waals surface area (Å²) in [5.74, 6) is 2.20. The molecule has 3 atom stereocenters. The largest absolute Gasteiger partial charge is 0.436 e. The van der Waals surface area contributed by atoms with E-state index >= 15 is 0 Å². The zero-order valence-corrected chi connectivity index (χ0v) is 21.3. The van der Waals surface area contributed by atoms with Crippen LogP contribution >= 0.6 is 0 Å². The van der Waals surface area contributed by atoms with Crippen molar-refractivity contribution >= 4 is 16.9 Å². The van der Waals surface area contributed by atoms with E-state index in [4.69, 9.17) is 14.5 Å². The Kier molecular flexibility index (Phi) is 7.30. The van der Waals surface area contributed by atoms with Crippen LogP contribution in [-0.2, 0) is 0 Å². The summed E-state index contributed by atoms with van der Waals surface area (Å²) in [5.41, 5.74) is 7.82. The minimum Gasteiger partial charge on any atom is -0.436 e. The van der Waals surface area contributed by atoms with Gasteiger partial charge in [-0.25, -0.2) is 9.98 Å². The molecule has 1 aromatic heterocycles. The van der Waals surface area contributed by atoms with Crippen LogP contribution in [0.2, 0.25) is 0 Å². The van der Waals surface area contributed by atoms with Gasteiger partial charge in [0.1, 0.15) is 11.4 Å². The van der Waals surface area contributed by atoms with Gasteiger partial charge in [-0.15, -0.1) is 0 Å². The molecule has 0 saturated carbocycles. The smallest absolute Gasteiger partial charge is 0.227 e. The van der Waals surface area contributed by atoms with Crippen LogP contribution in [0.3, 0.4) is 0 Å². The molecule has 1 aliphatic carbocycles. The molecule has 6 nitrogen and oxygen atoms in total. The second-order valence-electron chi connectivity index (χ2n) is 9.37. The molecule has 3 N–H and O–H groups in total. The molecule has 188 valence electrons. The van der Waals surface area contributed by atoms with E-state index in [0.29, 0.717) is 11.8 Å². The van der Waals surface area contributed by atoms with Crippen molar-refractivity contribution in [1.82, 2.24) is 15.6 Å². The lowest BCUT2D eigenvalue weighted by atomic mass is 9.99. The van der Waals surface area contributed by atoms with E-state index in [1.165, 1.54) is 22.3 Å². The topological polar surface area (TPSA) is 82.7 Å². The van der Waals surface area contributed by atoms with Crippen LogP contribution in [0.25, 0.3) is 33.7 Å². The molecular formula is C31H32N4O2. The van der Waals surface area contributed by atoms with E-state index in [1.807, 2.05) is 56.6 Å². The van der Waals surface area contributed by atoms with Crippen LogP contribution in [0.4, 0.5) is 0 Å². The average Bonchev–Trinajstić information content (AvgIpc) is 3.63. The van der Waals surface area contributed by atoms with Crippen molar-refractivity contribution in [2.24, 2.45) is 16.8 Å². The molecule has 2 aliphatic rings. The third-order valence-electron chi connectivity index (χ3n) is 6.73. The van der Waals surface area contributed by atoms with Crippen LogP contribution < -0.4 is 10.6 Å². The minimum atomic E-state index is 0.179. The number of aromatic nitrogens is 1. The van der Waals surface area contributed by atoms with E-state index in [1.54, 1.807) is 6.20 Å². The number of oxazole rings is 1. The predicted molar refractivity (Wildman–Crippen MR) is 150 cm³/mol. The Balaban J connectivity index is 0.000000184. The van der Waals surface area contributed by atoms with Gasteiger partial charge >= 0.3 is 0 Å². The second kappa shape index (κ2) is 10.9. The number of hydrogen-bond acceptors (Lipinski definition) is 6. The number of hydrogen-bond donors (Lipinski definition) is 3. The average molecular weight is 493 g/mol. The number of aliphatic imine (C=N–C) groups is 1. The number of nitrogens with one attached hydrogen (secondary N) is 2. The van der Waals surface area contributed by atoms with Crippen molar-refractivity contribution in [3.63, 3.8) is 0 Å². The van der Waals surface area contributed by atoms with Gasteiger partial charge < -0.3 is 20.2 Å². The lowest BCUT2D eigenvalue weighted by Gasteiger charge is -2.12. The first-order valence-corrected chi connectivity index (χ1v) is 12.6. The maximum Gasteiger partial charge on any atom is 0.227 e. The fraction of sp³-hybridized carbons (Fsp3) is 0.226. The summed E-state index contributed by atoms with van der Waals surface area (Å²) in [6.45, 7) is 4.22. The van der Waals surface area contributed by atoms with Crippen LogP contribution in [0.1, 0.15) is 31.0 Å². The fourth-order valence-corrected chi connectivity index (χ4v) is 4.72. The monoisotopic (exact) mass is 492 g/mol. The predicted octanol–water partition coefficient (Wildman–Crippen LogP) is 6.06. The molecule has 3 unspecified atom stereocenters. The zero-order valence-electron chi connectivity index (χ0n) is 21.3. The van der Waals surface area contributed by atoms with E-state index in [-0.39, 0.29) is 18.6 Å². The van der Waals surface area contributed by atoms with Crippen LogP contribution in [-0.4, -0.2) is 29.6 Å². The van der Waals surface area contributed by atoms with Gasteiger partial charge in [0.05, 0.1) is 6.04 Å². The number of para-hydroxylation sites is 2. The Hall–Kier alpha value is -4.00. The Morgan fingerprint density at radius 2 is 1.76 bits per heavy atom. The molecular weight excluding hydrogens is 460 g/mol. The number of amidine groups is 1. The number of aliphatic hydroxyl groups excluding tert-OH is 1. The molecule has 4 aromatic rings. The van der Waals surface area contributed by atoms with Gasteiger partial charge in [0.25, 0.3) is 0 Å². The summed E-state index contributed by atoms with van der Waals surface area (Å²) >= 11 is 0. The fourth-order valence-electron chi connectivity index (χ4n) is 4.72. The van der Waals surface area contributed by atoms with Gasteiger partial charge in [0, 0.05) is 24.3 Å². The number of aliphatic hydroxyl groups is 1. The molecule has 0 spiro atoms. The molecule has 0 amide bonds. The van der Waals surface area contributed by atoms with Gasteiger partial charge in [-0.3, -0.25) is 0 Å². The highest BCUT2D eigenvalue weighted by Gasteiger charge is 2.30. The Labute approximate surface area is 217 Å². The summed E-state index contributed by atoms with van der Waals surface area (Å²) < 4.78 is 6.03. The highest BCUT2D eigenvalue weighted by atomic mass is 16.3. The quantitative estimate of drug-likeness (QED) is 0.315. The number of nitrogens with zero attached hydrogens (tertiary/aromatic N) is 2. The number of benzene rings is 3. The third-order valence-corrected chi connectivity index (χ3v) is 6.73. The summed E-state index contributed by atoms with van der Waals surface area (Å²) in [7, 11) is 2.00. The maximum absolute atomic E-state index is 8.76. The Morgan fingerprint density at radius 1 is 1.00 bits per heavy atom. The minimum absolute atomic E-state index is 0.179. The first kappa shape index (κ1) is 24.7. The van der Waals surface area contributed by atoms with Crippen molar-refractivity contribution in [2.75, 3.05) is 13.7 Å². The van der Waals surface area contributed by atoms with Gasteiger partial charge in [0.15, 0.2) is 5.58 Å². The molecule has 1 aliphatic heterocycles. The van der Waals surface area contributed by atoms with Crippen LogP contribution in [0, 0.1) is 11.8 Å². The molecule has 0 fully saturated rings. The Bertz CT molecular complexity index is 1450. The lowest BCUT2D eigenvalue weighted by Crippen LogP contribution is -2.21. The summed E-state index contributed by atoms with van der Waals surface area (Å²) in [6.07, 6.45) is 7.60. The Morgan fingerprint density at radius 3 is 2.51 bits per heavy atom. The third kappa shape index (κ3) is 4.99. The van der Waals surface area contributed by atoms with Crippen molar-refractivity contribution in [3.05, 3.63) is 102 Å². The number of rotatable bonds is 5. The van der Waals surface area contributed by atoms with Crippen LogP contribution in [0.5, 0.6) is 0 Å². The summed E-state index contributed by atoms with van der Waals surface area (Å²) in [4.78, 5) is 8.85. The number of fused-ring (bicyclic) bond motifs is 4. The molecule has 6 rings (SSSR count). The summed E-state index contributed by atoms with van der Waals surface area (Å²) in [5, 5.41) is 15.3. The van der Waals surface area contributed by atoms with Crippen molar-refractivity contribution in [3.8, 4) is 22.6 Å². The lowest BCUT2D eigenvalue weighted by molar-refractivity contribution is 0.262. The molecule has 0 bridgehead atoms. The van der Waals surface area contributed by atoms with Crippen molar-refractivity contribution < 1.29 is 9.52 Å². The van der Waals surface area contributed by atoms with Gasteiger partial charge in [-0.2, -0.15) is 0 Å². The molecule has 0 radical (unpaired) electrons. The molecule has 3 aromatic carbocycles. The molecule has 6 heteroatoms. The zero-order chi connectivity index (χ0) is 25.8. The first-order chi connectivity index (χ1) is 18.1. The maximum atomic E-state index is 8.76. The summed E-state index contributed by atoms with van der Waals surface area (Å²) in [6, 6.07) is 23.0. The van der Waals surface area contributed by atoms with E-state index in [2.05, 4.69) is 65.0 Å². The van der Waals surface area contributed by atoms with Crippen LogP contribution in [0.15, 0.2) is 101 Å². The highest BCUT2D eigenvalue weighted by Crippen LogP contribution is 2.47. The van der Waals surface area contributed by atoms with Crippen molar-refractivity contribution in [1.29, 1.82) is 0 Å². The van der Waals surface area contributed by atoms with E-state index < -0.39 is 0 Å². The SMILES string of the molecule is CC(/C=C\NC1=NC=CC1C)CO.CNC1c2ccccc2-c2c(-c3nc4ccccc4o3)cccc21. The van der Waals surface area contributed by atoms with Gasteiger partial charge in [-0.1, -0.05) is 74.5 Å². The molecule has 37 heavy (non-hydrogen) atoms. The highest BCUT2D eigenvalue weighted by molar-refractivity contribution is 5.91. The molecule has 0 saturated heterocycles. The van der Waals surface area contributed by atoms with Crippen molar-refractivity contribution in [2.45, 2.75) is 19.9 Å². The normalized spacial score (nSPS) is 18.3.